The molecule has 1 aliphatic rings. The van der Waals surface area contributed by atoms with Crippen LogP contribution in [0.1, 0.15) is 33.7 Å². The molecule has 2 N–H and O–H groups in total. The summed E-state index contributed by atoms with van der Waals surface area (Å²) >= 11 is 6.11. The average Bonchev–Trinajstić information content (AvgIpc) is 3.40. The standard InChI is InChI=1S/C16H15ClN4O3/c1-24-16(23)9-2-5-11(17)12(6-9)21-14-8-18-13(7-19-14)15(22)20-10-3-4-10/h2,5-8,10H,3-4H2,1H3,(H,19,21)(H,20,22). The van der Waals surface area contributed by atoms with Crippen LogP contribution in [0.15, 0.2) is 30.6 Å². The van der Waals surface area contributed by atoms with Gasteiger partial charge in [0.25, 0.3) is 5.91 Å². The zero-order chi connectivity index (χ0) is 17.1. The highest BCUT2D eigenvalue weighted by molar-refractivity contribution is 6.33. The topological polar surface area (TPSA) is 93.2 Å². The van der Waals surface area contributed by atoms with Gasteiger partial charge in [-0.15, -0.1) is 0 Å². The first-order valence-electron chi connectivity index (χ1n) is 7.34. The molecule has 0 aliphatic heterocycles. The number of amides is 1. The van der Waals surface area contributed by atoms with Gasteiger partial charge in [0.1, 0.15) is 11.5 Å². The molecule has 3 rings (SSSR count). The van der Waals surface area contributed by atoms with Crippen molar-refractivity contribution in [2.24, 2.45) is 0 Å². The summed E-state index contributed by atoms with van der Waals surface area (Å²) in [6, 6.07) is 4.97. The van der Waals surface area contributed by atoms with E-state index in [1.807, 2.05) is 0 Å². The Labute approximate surface area is 143 Å². The Bertz CT molecular complexity index is 775. The van der Waals surface area contributed by atoms with Gasteiger partial charge >= 0.3 is 5.97 Å². The van der Waals surface area contributed by atoms with E-state index in [1.54, 1.807) is 18.2 Å². The average molecular weight is 347 g/mol. The van der Waals surface area contributed by atoms with Crippen molar-refractivity contribution in [1.82, 2.24) is 15.3 Å². The molecule has 1 aromatic carbocycles. The van der Waals surface area contributed by atoms with E-state index in [0.29, 0.717) is 22.1 Å². The SMILES string of the molecule is COC(=O)c1ccc(Cl)c(Nc2cnc(C(=O)NC3CC3)cn2)c1. The molecule has 1 saturated carbocycles. The largest absolute Gasteiger partial charge is 0.465 e. The monoisotopic (exact) mass is 346 g/mol. The minimum Gasteiger partial charge on any atom is -0.465 e. The van der Waals surface area contributed by atoms with Gasteiger partial charge in [-0.1, -0.05) is 11.6 Å². The summed E-state index contributed by atoms with van der Waals surface area (Å²) in [6.07, 6.45) is 4.84. The number of nitrogens with zero attached hydrogens (tertiary/aromatic N) is 2. The van der Waals surface area contributed by atoms with Crippen molar-refractivity contribution < 1.29 is 14.3 Å². The molecular formula is C16H15ClN4O3. The van der Waals surface area contributed by atoms with Gasteiger partial charge in [0, 0.05) is 6.04 Å². The maximum absolute atomic E-state index is 11.9. The van der Waals surface area contributed by atoms with Crippen molar-refractivity contribution in [3.63, 3.8) is 0 Å². The fourth-order valence-corrected chi connectivity index (χ4v) is 2.17. The second kappa shape index (κ2) is 6.84. The fourth-order valence-electron chi connectivity index (χ4n) is 2.00. The van der Waals surface area contributed by atoms with E-state index in [-0.39, 0.29) is 17.6 Å². The number of carbonyl (C=O) groups is 2. The molecule has 1 aromatic heterocycles. The van der Waals surface area contributed by atoms with Gasteiger partial charge in [-0.3, -0.25) is 4.79 Å². The summed E-state index contributed by atoms with van der Waals surface area (Å²) in [5, 5.41) is 6.22. The molecule has 0 saturated heterocycles. The van der Waals surface area contributed by atoms with Gasteiger partial charge in [0.15, 0.2) is 0 Å². The normalized spacial score (nSPS) is 13.2. The highest BCUT2D eigenvalue weighted by Crippen LogP contribution is 2.26. The molecule has 2 aromatic rings. The highest BCUT2D eigenvalue weighted by atomic mass is 35.5. The van der Waals surface area contributed by atoms with E-state index in [1.165, 1.54) is 19.5 Å². The molecule has 1 fully saturated rings. The van der Waals surface area contributed by atoms with Gasteiger partial charge in [-0.2, -0.15) is 0 Å². The number of halogens is 1. The zero-order valence-corrected chi connectivity index (χ0v) is 13.6. The number of hydrogen-bond acceptors (Lipinski definition) is 6. The van der Waals surface area contributed by atoms with E-state index < -0.39 is 5.97 Å². The zero-order valence-electron chi connectivity index (χ0n) is 12.9. The third-order valence-corrected chi connectivity index (χ3v) is 3.78. The van der Waals surface area contributed by atoms with Crippen LogP contribution in [0, 0.1) is 0 Å². The lowest BCUT2D eigenvalue weighted by Crippen LogP contribution is -2.26. The second-order valence-electron chi connectivity index (χ2n) is 5.35. The van der Waals surface area contributed by atoms with Crippen molar-refractivity contribution >= 4 is 35.0 Å². The number of nitrogens with one attached hydrogen (secondary N) is 2. The predicted molar refractivity (Wildman–Crippen MR) is 88.6 cm³/mol. The fraction of sp³-hybridized carbons (Fsp3) is 0.250. The number of carbonyl (C=O) groups excluding carboxylic acids is 2. The third-order valence-electron chi connectivity index (χ3n) is 3.45. The number of methoxy groups -OCH3 is 1. The number of aromatic nitrogens is 2. The molecule has 0 unspecified atom stereocenters. The molecule has 0 atom stereocenters. The van der Waals surface area contributed by atoms with Gasteiger partial charge in [0.2, 0.25) is 0 Å². The maximum atomic E-state index is 11.9. The van der Waals surface area contributed by atoms with Crippen LogP contribution in [-0.4, -0.2) is 35.0 Å². The number of esters is 1. The van der Waals surface area contributed by atoms with Gasteiger partial charge < -0.3 is 15.4 Å². The van der Waals surface area contributed by atoms with Crippen LogP contribution < -0.4 is 10.6 Å². The van der Waals surface area contributed by atoms with Crippen LogP contribution in [-0.2, 0) is 4.74 Å². The van der Waals surface area contributed by atoms with Crippen LogP contribution >= 0.6 is 11.6 Å². The summed E-state index contributed by atoms with van der Waals surface area (Å²) in [5.41, 5.74) is 1.10. The quantitative estimate of drug-likeness (QED) is 0.808. The first kappa shape index (κ1) is 16.2. The Hall–Kier alpha value is -2.67. The van der Waals surface area contributed by atoms with Crippen molar-refractivity contribution in [2.45, 2.75) is 18.9 Å². The summed E-state index contributed by atoms with van der Waals surface area (Å²) < 4.78 is 4.68. The molecule has 0 spiro atoms. The molecule has 8 heteroatoms. The van der Waals surface area contributed by atoms with Crippen molar-refractivity contribution in [2.75, 3.05) is 12.4 Å². The minimum absolute atomic E-state index is 0.234. The minimum atomic E-state index is -0.465. The molecular weight excluding hydrogens is 332 g/mol. The molecule has 24 heavy (non-hydrogen) atoms. The maximum Gasteiger partial charge on any atom is 0.337 e. The summed E-state index contributed by atoms with van der Waals surface area (Å²) in [7, 11) is 1.31. The molecule has 124 valence electrons. The van der Waals surface area contributed by atoms with E-state index in [0.717, 1.165) is 12.8 Å². The molecule has 0 bridgehead atoms. The Morgan fingerprint density at radius 2 is 2.04 bits per heavy atom. The molecule has 1 amide bonds. The molecule has 1 aliphatic carbocycles. The number of anilines is 2. The second-order valence-corrected chi connectivity index (χ2v) is 5.75. The number of rotatable bonds is 5. The van der Waals surface area contributed by atoms with Crippen molar-refractivity contribution in [3.8, 4) is 0 Å². The van der Waals surface area contributed by atoms with E-state index in [2.05, 4.69) is 25.3 Å². The highest BCUT2D eigenvalue weighted by Gasteiger charge is 2.24. The van der Waals surface area contributed by atoms with E-state index in [9.17, 15) is 9.59 Å². The first-order chi connectivity index (χ1) is 11.6. The van der Waals surface area contributed by atoms with Crippen LogP contribution in [0.2, 0.25) is 5.02 Å². The Morgan fingerprint density at radius 3 is 2.67 bits per heavy atom. The third kappa shape index (κ3) is 3.80. The molecule has 1 heterocycles. The lowest BCUT2D eigenvalue weighted by Gasteiger charge is -2.09. The lowest BCUT2D eigenvalue weighted by molar-refractivity contribution is 0.0600. The number of benzene rings is 1. The van der Waals surface area contributed by atoms with Gasteiger partial charge in [-0.25, -0.2) is 14.8 Å². The van der Waals surface area contributed by atoms with Gasteiger partial charge in [-0.05, 0) is 31.0 Å². The van der Waals surface area contributed by atoms with Gasteiger partial charge in [0.05, 0.1) is 35.8 Å². The van der Waals surface area contributed by atoms with Crippen LogP contribution in [0.3, 0.4) is 0 Å². The van der Waals surface area contributed by atoms with Crippen molar-refractivity contribution in [1.29, 1.82) is 0 Å². The van der Waals surface area contributed by atoms with E-state index in [4.69, 9.17) is 11.6 Å². The summed E-state index contributed by atoms with van der Waals surface area (Å²) in [6.45, 7) is 0. The van der Waals surface area contributed by atoms with Crippen LogP contribution in [0.4, 0.5) is 11.5 Å². The Balaban J connectivity index is 1.73. The first-order valence-corrected chi connectivity index (χ1v) is 7.72. The van der Waals surface area contributed by atoms with Crippen molar-refractivity contribution in [3.05, 3.63) is 46.9 Å². The molecule has 7 nitrogen and oxygen atoms in total. The van der Waals surface area contributed by atoms with Crippen LogP contribution in [0.5, 0.6) is 0 Å². The lowest BCUT2D eigenvalue weighted by atomic mass is 10.2. The summed E-state index contributed by atoms with van der Waals surface area (Å²) in [4.78, 5) is 31.7. The van der Waals surface area contributed by atoms with Crippen LogP contribution in [0.25, 0.3) is 0 Å². The summed E-state index contributed by atoms with van der Waals surface area (Å²) in [5.74, 6) is -0.294. The number of ether oxygens (including phenoxy) is 1. The molecule has 0 radical (unpaired) electrons. The Kier molecular flexibility index (Phi) is 4.61. The van der Waals surface area contributed by atoms with E-state index >= 15 is 0 Å². The predicted octanol–water partition coefficient (Wildman–Crippen LogP) is 2.55. The number of hydrogen-bond donors (Lipinski definition) is 2. The Morgan fingerprint density at radius 1 is 1.25 bits per heavy atom. The smallest absolute Gasteiger partial charge is 0.337 e.